The SMILES string of the molecule is CCCN(C(=O)CCC(=O)c1ccc(OC)c(F)c1)C1CCNC1. The van der Waals surface area contributed by atoms with Crippen molar-refractivity contribution in [3.05, 3.63) is 29.6 Å². The highest BCUT2D eigenvalue weighted by atomic mass is 19.1. The molecule has 1 saturated heterocycles. The van der Waals surface area contributed by atoms with Crippen LogP contribution in [-0.4, -0.2) is 49.4 Å². The van der Waals surface area contributed by atoms with Gasteiger partial charge in [0.15, 0.2) is 17.3 Å². The molecule has 1 aromatic rings. The first-order valence-corrected chi connectivity index (χ1v) is 8.43. The topological polar surface area (TPSA) is 58.6 Å². The third kappa shape index (κ3) is 4.54. The standard InChI is InChI=1S/C18H25FN2O3/c1-3-10-21(14-8-9-20-12-14)18(23)7-5-16(22)13-4-6-17(24-2)15(19)11-13/h4,6,11,14,20H,3,5,7-10,12H2,1-2H3. The van der Waals surface area contributed by atoms with E-state index < -0.39 is 5.82 Å². The van der Waals surface area contributed by atoms with Crippen molar-refractivity contribution in [2.24, 2.45) is 0 Å². The number of methoxy groups -OCH3 is 1. The van der Waals surface area contributed by atoms with Gasteiger partial charge in [0.05, 0.1) is 7.11 Å². The van der Waals surface area contributed by atoms with Crippen LogP contribution in [0.5, 0.6) is 5.75 Å². The number of ether oxygens (including phenoxy) is 1. The van der Waals surface area contributed by atoms with Gasteiger partial charge >= 0.3 is 0 Å². The van der Waals surface area contributed by atoms with Crippen molar-refractivity contribution in [3.8, 4) is 5.75 Å². The zero-order valence-corrected chi connectivity index (χ0v) is 14.3. The number of carbonyl (C=O) groups is 2. The van der Waals surface area contributed by atoms with Gasteiger partial charge in [0.2, 0.25) is 5.91 Å². The highest BCUT2D eigenvalue weighted by Crippen LogP contribution is 2.19. The van der Waals surface area contributed by atoms with E-state index in [2.05, 4.69) is 5.32 Å². The first kappa shape index (κ1) is 18.4. The van der Waals surface area contributed by atoms with Gasteiger partial charge in [0.25, 0.3) is 0 Å². The summed E-state index contributed by atoms with van der Waals surface area (Å²) in [7, 11) is 1.37. The van der Waals surface area contributed by atoms with Crippen molar-refractivity contribution in [3.63, 3.8) is 0 Å². The second-order valence-electron chi connectivity index (χ2n) is 6.01. The molecule has 0 bridgehead atoms. The van der Waals surface area contributed by atoms with Crippen LogP contribution in [0.2, 0.25) is 0 Å². The van der Waals surface area contributed by atoms with E-state index >= 15 is 0 Å². The maximum Gasteiger partial charge on any atom is 0.223 e. The van der Waals surface area contributed by atoms with Crippen LogP contribution in [0, 0.1) is 5.82 Å². The summed E-state index contributed by atoms with van der Waals surface area (Å²) in [5, 5.41) is 3.26. The molecule has 1 heterocycles. The molecule has 1 fully saturated rings. The zero-order valence-electron chi connectivity index (χ0n) is 14.3. The van der Waals surface area contributed by atoms with Crippen LogP contribution in [-0.2, 0) is 4.79 Å². The Balaban J connectivity index is 1.94. The van der Waals surface area contributed by atoms with Gasteiger partial charge in [-0.3, -0.25) is 9.59 Å². The number of hydrogen-bond donors (Lipinski definition) is 1. The zero-order chi connectivity index (χ0) is 17.5. The molecule has 1 amide bonds. The summed E-state index contributed by atoms with van der Waals surface area (Å²) in [6.45, 7) is 4.47. The number of nitrogens with zero attached hydrogens (tertiary/aromatic N) is 1. The minimum atomic E-state index is -0.570. The van der Waals surface area contributed by atoms with E-state index in [-0.39, 0.29) is 41.9 Å². The quantitative estimate of drug-likeness (QED) is 0.741. The fourth-order valence-corrected chi connectivity index (χ4v) is 3.01. The molecule has 6 heteroatoms. The molecule has 1 N–H and O–H groups in total. The third-order valence-corrected chi connectivity index (χ3v) is 4.30. The van der Waals surface area contributed by atoms with E-state index in [4.69, 9.17) is 4.74 Å². The minimum Gasteiger partial charge on any atom is -0.494 e. The Morgan fingerprint density at radius 2 is 2.17 bits per heavy atom. The van der Waals surface area contributed by atoms with Crippen LogP contribution in [0.4, 0.5) is 4.39 Å². The molecule has 24 heavy (non-hydrogen) atoms. The number of rotatable bonds is 8. The lowest BCUT2D eigenvalue weighted by Gasteiger charge is -2.28. The summed E-state index contributed by atoms with van der Waals surface area (Å²) >= 11 is 0. The molecule has 0 aromatic heterocycles. The molecule has 0 aliphatic carbocycles. The van der Waals surface area contributed by atoms with E-state index in [9.17, 15) is 14.0 Å². The van der Waals surface area contributed by atoms with Crippen LogP contribution >= 0.6 is 0 Å². The maximum absolute atomic E-state index is 13.7. The van der Waals surface area contributed by atoms with Gasteiger partial charge in [0, 0.05) is 37.5 Å². The van der Waals surface area contributed by atoms with Crippen LogP contribution in [0.15, 0.2) is 18.2 Å². The summed E-state index contributed by atoms with van der Waals surface area (Å²) in [4.78, 5) is 26.6. The fraction of sp³-hybridized carbons (Fsp3) is 0.556. The molecular weight excluding hydrogens is 311 g/mol. The molecule has 1 aliphatic rings. The number of Topliss-reactive ketones (excluding diaryl/α,β-unsaturated/α-hetero) is 1. The number of halogens is 1. The molecular formula is C18H25FN2O3. The third-order valence-electron chi connectivity index (χ3n) is 4.30. The number of benzene rings is 1. The van der Waals surface area contributed by atoms with Crippen molar-refractivity contribution < 1.29 is 18.7 Å². The minimum absolute atomic E-state index is 0.00659. The number of amides is 1. The molecule has 1 aliphatic heterocycles. The summed E-state index contributed by atoms with van der Waals surface area (Å²) < 4.78 is 18.5. The monoisotopic (exact) mass is 336 g/mol. The van der Waals surface area contributed by atoms with E-state index in [1.165, 1.54) is 19.2 Å². The van der Waals surface area contributed by atoms with E-state index in [1.807, 2.05) is 11.8 Å². The van der Waals surface area contributed by atoms with Crippen LogP contribution in [0.1, 0.15) is 43.0 Å². The summed E-state index contributed by atoms with van der Waals surface area (Å²) in [6.07, 6.45) is 2.08. The lowest BCUT2D eigenvalue weighted by atomic mass is 10.0. The van der Waals surface area contributed by atoms with Crippen molar-refractivity contribution in [2.75, 3.05) is 26.7 Å². The number of hydrogen-bond acceptors (Lipinski definition) is 4. The van der Waals surface area contributed by atoms with Crippen LogP contribution in [0.25, 0.3) is 0 Å². The molecule has 1 unspecified atom stereocenters. The van der Waals surface area contributed by atoms with Gasteiger partial charge in [0.1, 0.15) is 0 Å². The number of ketones is 1. The fourth-order valence-electron chi connectivity index (χ4n) is 3.01. The van der Waals surface area contributed by atoms with Crippen molar-refractivity contribution >= 4 is 11.7 Å². The highest BCUT2D eigenvalue weighted by molar-refractivity contribution is 5.98. The Bertz CT molecular complexity index is 586. The van der Waals surface area contributed by atoms with Gasteiger partial charge in [-0.1, -0.05) is 6.92 Å². The maximum atomic E-state index is 13.7. The molecule has 0 radical (unpaired) electrons. The van der Waals surface area contributed by atoms with Crippen molar-refractivity contribution in [1.29, 1.82) is 0 Å². The molecule has 2 rings (SSSR count). The molecule has 5 nitrogen and oxygen atoms in total. The van der Waals surface area contributed by atoms with Gasteiger partial charge in [-0.05, 0) is 37.6 Å². The first-order valence-electron chi connectivity index (χ1n) is 8.43. The van der Waals surface area contributed by atoms with Crippen molar-refractivity contribution in [2.45, 2.75) is 38.6 Å². The molecule has 1 aromatic carbocycles. The number of carbonyl (C=O) groups excluding carboxylic acids is 2. The average molecular weight is 336 g/mol. The summed E-state index contributed by atoms with van der Waals surface area (Å²) in [5.41, 5.74) is 0.269. The predicted octanol–water partition coefficient (Wildman–Crippen LogP) is 2.40. The molecule has 132 valence electrons. The second kappa shape index (κ2) is 8.78. The van der Waals surface area contributed by atoms with Gasteiger partial charge in [-0.25, -0.2) is 4.39 Å². The number of nitrogens with one attached hydrogen (secondary N) is 1. The molecule has 0 spiro atoms. The highest BCUT2D eigenvalue weighted by Gasteiger charge is 2.26. The van der Waals surface area contributed by atoms with Gasteiger partial charge in [-0.15, -0.1) is 0 Å². The van der Waals surface area contributed by atoms with E-state index in [0.717, 1.165) is 32.0 Å². The van der Waals surface area contributed by atoms with Crippen LogP contribution < -0.4 is 10.1 Å². The smallest absolute Gasteiger partial charge is 0.223 e. The lowest BCUT2D eigenvalue weighted by molar-refractivity contribution is -0.133. The van der Waals surface area contributed by atoms with Gasteiger partial charge in [-0.2, -0.15) is 0 Å². The summed E-state index contributed by atoms with van der Waals surface area (Å²) in [6, 6.07) is 4.33. The summed E-state index contributed by atoms with van der Waals surface area (Å²) in [5.74, 6) is -0.705. The van der Waals surface area contributed by atoms with E-state index in [1.54, 1.807) is 0 Å². The largest absolute Gasteiger partial charge is 0.494 e. The second-order valence-corrected chi connectivity index (χ2v) is 6.01. The van der Waals surface area contributed by atoms with E-state index in [0.29, 0.717) is 6.54 Å². The van der Waals surface area contributed by atoms with Gasteiger partial charge < -0.3 is 15.0 Å². The normalized spacial score (nSPS) is 16.9. The Morgan fingerprint density at radius 1 is 1.38 bits per heavy atom. The predicted molar refractivity (Wildman–Crippen MR) is 89.8 cm³/mol. The Hall–Kier alpha value is -1.95. The first-order chi connectivity index (χ1) is 11.6. The lowest BCUT2D eigenvalue weighted by Crippen LogP contribution is -2.42. The Labute approximate surface area is 142 Å². The van der Waals surface area contributed by atoms with Crippen LogP contribution in [0.3, 0.4) is 0 Å². The Morgan fingerprint density at radius 3 is 2.75 bits per heavy atom. The molecule has 1 atom stereocenters. The molecule has 0 saturated carbocycles. The average Bonchev–Trinajstić information content (AvgIpc) is 3.11. The Kier molecular flexibility index (Phi) is 6.73. The van der Waals surface area contributed by atoms with Crippen molar-refractivity contribution in [1.82, 2.24) is 10.2 Å².